The maximum atomic E-state index is 9.81. The molecule has 1 radical (unpaired) electrons. The smallest absolute Gasteiger partial charge is 0.314 e. The Labute approximate surface area is 63.8 Å². The van der Waals surface area contributed by atoms with Gasteiger partial charge in [0.15, 0.2) is 0 Å². The van der Waals surface area contributed by atoms with Crippen molar-refractivity contribution in [2.45, 2.75) is 0 Å². The Kier molecular flexibility index (Phi) is 2.29. The van der Waals surface area contributed by atoms with Gasteiger partial charge in [-0.15, -0.1) is 0 Å². The van der Waals surface area contributed by atoms with Crippen molar-refractivity contribution in [3.8, 4) is 0 Å². The van der Waals surface area contributed by atoms with Gasteiger partial charge in [-0.25, -0.2) is 0 Å². The molecule has 0 unspecified atom stereocenters. The lowest BCUT2D eigenvalue weighted by Crippen LogP contribution is -1.91. The van der Waals surface area contributed by atoms with Gasteiger partial charge in [0.2, 0.25) is 0 Å². The minimum absolute atomic E-state index is 0.597. The van der Waals surface area contributed by atoms with Crippen LogP contribution in [0.2, 0.25) is 5.02 Å². The van der Waals surface area contributed by atoms with Gasteiger partial charge in [0.05, 0.1) is 0 Å². The van der Waals surface area contributed by atoms with Crippen LogP contribution in [0, 0.1) is 0 Å². The van der Waals surface area contributed by atoms with Crippen LogP contribution in [-0.4, -0.2) is 6.41 Å². The zero-order chi connectivity index (χ0) is 7.40. The van der Waals surface area contributed by atoms with Crippen molar-refractivity contribution in [3.63, 3.8) is 0 Å². The molecular weight excluding hydrogens is 150 g/mol. The Morgan fingerprint density at radius 1 is 1.50 bits per heavy atom. The van der Waals surface area contributed by atoms with Crippen LogP contribution >= 0.6 is 11.6 Å². The molecule has 10 heavy (non-hydrogen) atoms. The molecule has 51 valence electrons. The zero-order valence-electron chi connectivity index (χ0n) is 5.10. The molecule has 0 atom stereocenters. The van der Waals surface area contributed by atoms with Crippen molar-refractivity contribution >= 4 is 23.7 Å². The van der Waals surface area contributed by atoms with Crippen molar-refractivity contribution < 1.29 is 4.79 Å². The summed E-state index contributed by atoms with van der Waals surface area (Å²) in [7, 11) is 0. The second-order valence-corrected chi connectivity index (χ2v) is 2.17. The van der Waals surface area contributed by atoms with Gasteiger partial charge in [0.1, 0.15) is 0 Å². The average molecular weight is 155 g/mol. The highest BCUT2D eigenvalue weighted by molar-refractivity contribution is 6.30. The predicted octanol–water partition coefficient (Wildman–Crippen LogP) is 1.82. The topological polar surface area (TPSA) is 29.1 Å². The first-order chi connectivity index (χ1) is 4.83. The lowest BCUT2D eigenvalue weighted by molar-refractivity contribution is 0.561. The van der Waals surface area contributed by atoms with Crippen LogP contribution in [-0.2, 0) is 4.79 Å². The monoisotopic (exact) mass is 154 g/mol. The van der Waals surface area contributed by atoms with E-state index >= 15 is 0 Å². The summed E-state index contributed by atoms with van der Waals surface area (Å²) in [5.74, 6) is 0. The average Bonchev–Trinajstić information content (AvgIpc) is 1.88. The summed E-state index contributed by atoms with van der Waals surface area (Å²) in [5.41, 5.74) is 0.655. The molecule has 1 amide bonds. The van der Waals surface area contributed by atoms with E-state index in [1.54, 1.807) is 30.7 Å². The summed E-state index contributed by atoms with van der Waals surface area (Å²) in [4.78, 5) is 9.81. The van der Waals surface area contributed by atoms with Crippen molar-refractivity contribution in [2.75, 3.05) is 5.32 Å². The quantitative estimate of drug-likeness (QED) is 0.647. The summed E-state index contributed by atoms with van der Waals surface area (Å²) in [6, 6.07) is 6.86. The molecule has 2 nitrogen and oxygen atoms in total. The van der Waals surface area contributed by atoms with Crippen molar-refractivity contribution in [2.24, 2.45) is 0 Å². The lowest BCUT2D eigenvalue weighted by atomic mass is 10.3. The van der Waals surface area contributed by atoms with Crippen LogP contribution in [0.15, 0.2) is 24.3 Å². The molecule has 3 heteroatoms. The van der Waals surface area contributed by atoms with Crippen LogP contribution in [0.1, 0.15) is 0 Å². The number of hydrogen-bond donors (Lipinski definition) is 1. The number of halogens is 1. The van der Waals surface area contributed by atoms with Crippen molar-refractivity contribution in [3.05, 3.63) is 29.3 Å². The van der Waals surface area contributed by atoms with Crippen LogP contribution in [0.4, 0.5) is 5.69 Å². The van der Waals surface area contributed by atoms with E-state index in [0.717, 1.165) is 0 Å². The summed E-state index contributed by atoms with van der Waals surface area (Å²) < 4.78 is 0. The van der Waals surface area contributed by atoms with Gasteiger partial charge < -0.3 is 5.32 Å². The molecule has 0 aliphatic carbocycles. The maximum Gasteiger partial charge on any atom is 0.314 e. The van der Waals surface area contributed by atoms with Gasteiger partial charge in [-0.3, -0.25) is 4.79 Å². The number of nitrogens with one attached hydrogen (secondary N) is 1. The number of hydrogen-bond acceptors (Lipinski definition) is 1. The van der Waals surface area contributed by atoms with Crippen LogP contribution in [0.25, 0.3) is 0 Å². The van der Waals surface area contributed by atoms with Gasteiger partial charge in [-0.2, -0.15) is 0 Å². The van der Waals surface area contributed by atoms with Crippen molar-refractivity contribution in [1.29, 1.82) is 0 Å². The zero-order valence-corrected chi connectivity index (χ0v) is 5.85. The van der Waals surface area contributed by atoms with E-state index in [9.17, 15) is 4.79 Å². The van der Waals surface area contributed by atoms with E-state index in [1.807, 2.05) is 0 Å². The largest absolute Gasteiger partial charge is 0.318 e. The molecule has 1 aromatic carbocycles. The molecule has 1 rings (SSSR count). The molecule has 0 aliphatic heterocycles. The second-order valence-electron chi connectivity index (χ2n) is 1.74. The second kappa shape index (κ2) is 3.22. The number of anilines is 1. The summed E-state index contributed by atoms with van der Waals surface area (Å²) in [5, 5.41) is 2.96. The number of carbonyl (C=O) groups excluding carboxylic acids is 1. The number of benzene rings is 1. The maximum absolute atomic E-state index is 9.81. The Bertz CT molecular complexity index is 237. The fourth-order valence-electron chi connectivity index (χ4n) is 0.625. The fourth-order valence-corrected chi connectivity index (χ4v) is 0.815. The van der Waals surface area contributed by atoms with E-state index in [4.69, 9.17) is 11.6 Å². The number of amides is 1. The minimum Gasteiger partial charge on any atom is -0.318 e. The third-order valence-corrected chi connectivity index (χ3v) is 1.26. The third kappa shape index (κ3) is 1.74. The van der Waals surface area contributed by atoms with Crippen LogP contribution < -0.4 is 5.32 Å². The molecule has 1 aromatic rings. The minimum atomic E-state index is 0.597. The van der Waals surface area contributed by atoms with E-state index in [1.165, 1.54) is 0 Å². The Morgan fingerprint density at radius 2 is 2.30 bits per heavy atom. The summed E-state index contributed by atoms with van der Waals surface area (Å²) >= 11 is 5.61. The standard InChI is InChI=1S/C7H5ClNO/c8-6-2-1-3-7(4-6)9-5-10/h1-4H,(H,9,10). The van der Waals surface area contributed by atoms with Gasteiger partial charge in [0.25, 0.3) is 0 Å². The van der Waals surface area contributed by atoms with E-state index in [2.05, 4.69) is 5.32 Å². The van der Waals surface area contributed by atoms with Crippen molar-refractivity contribution in [1.82, 2.24) is 0 Å². The molecule has 0 spiro atoms. The van der Waals surface area contributed by atoms with Crippen LogP contribution in [0.3, 0.4) is 0 Å². The summed E-state index contributed by atoms with van der Waals surface area (Å²) in [6.07, 6.45) is 1.55. The number of rotatable bonds is 2. The SMILES string of the molecule is O=[C]Nc1cccc(Cl)c1. The first-order valence-electron chi connectivity index (χ1n) is 2.71. The highest BCUT2D eigenvalue weighted by Gasteiger charge is 1.89. The Balaban J connectivity index is 2.84. The van der Waals surface area contributed by atoms with Gasteiger partial charge in [0, 0.05) is 10.7 Å². The molecule has 0 heterocycles. The highest BCUT2D eigenvalue weighted by Crippen LogP contribution is 2.13. The molecule has 0 saturated heterocycles. The van der Waals surface area contributed by atoms with Crippen LogP contribution in [0.5, 0.6) is 0 Å². The summed E-state index contributed by atoms with van der Waals surface area (Å²) in [6.45, 7) is 0. The fraction of sp³-hybridized carbons (Fsp3) is 0. The molecular formula is C7H5ClNO. The van der Waals surface area contributed by atoms with Gasteiger partial charge in [-0.1, -0.05) is 17.7 Å². The Morgan fingerprint density at radius 3 is 2.90 bits per heavy atom. The molecule has 0 fully saturated rings. The van der Waals surface area contributed by atoms with Gasteiger partial charge >= 0.3 is 6.41 Å². The Hall–Kier alpha value is -1.02. The molecule has 0 aromatic heterocycles. The molecule has 0 saturated carbocycles. The van der Waals surface area contributed by atoms with E-state index < -0.39 is 0 Å². The van der Waals surface area contributed by atoms with Gasteiger partial charge in [-0.05, 0) is 18.2 Å². The first kappa shape index (κ1) is 7.09. The molecule has 0 aliphatic rings. The predicted molar refractivity (Wildman–Crippen MR) is 40.8 cm³/mol. The molecule has 1 N–H and O–H groups in total. The normalized spacial score (nSPS) is 8.90. The highest BCUT2D eigenvalue weighted by atomic mass is 35.5. The van der Waals surface area contributed by atoms with E-state index in [-0.39, 0.29) is 0 Å². The molecule has 0 bridgehead atoms. The lowest BCUT2D eigenvalue weighted by Gasteiger charge is -1.95. The first-order valence-corrected chi connectivity index (χ1v) is 3.09. The van der Waals surface area contributed by atoms with E-state index in [0.29, 0.717) is 10.7 Å². The third-order valence-electron chi connectivity index (χ3n) is 1.02.